The number of carbonyl (C=O) groups excluding carboxylic acids is 3. The van der Waals surface area contributed by atoms with E-state index in [1.165, 1.54) is 7.05 Å². The maximum absolute atomic E-state index is 14.6. The van der Waals surface area contributed by atoms with Crippen LogP contribution in [0.15, 0.2) is 21.9 Å². The Morgan fingerprint density at radius 1 is 0.884 bits per heavy atom. The molecule has 0 bridgehead atoms. The molecule has 1 aromatic rings. The summed E-state index contributed by atoms with van der Waals surface area (Å²) in [6.45, 7) is 4.77. The summed E-state index contributed by atoms with van der Waals surface area (Å²) in [5.74, 6) is -5.68. The minimum absolute atomic E-state index is 0.208. The van der Waals surface area contributed by atoms with Crippen LogP contribution in [0, 0.1) is 11.8 Å². The van der Waals surface area contributed by atoms with E-state index in [1.54, 1.807) is 6.92 Å². The number of rotatable bonds is 26. The summed E-state index contributed by atoms with van der Waals surface area (Å²) in [4.78, 5) is 94.1. The topological polar surface area (TPSA) is 384 Å². The molecule has 9 N–H and O–H groups in total. The second-order valence-electron chi connectivity index (χ2n) is 18.3. The zero-order valence-electron chi connectivity index (χ0n) is 39.1. The molecule has 0 aliphatic carbocycles. The van der Waals surface area contributed by atoms with E-state index in [1.807, 2.05) is 4.98 Å². The van der Waals surface area contributed by atoms with Crippen molar-refractivity contribution in [3.63, 3.8) is 0 Å². The largest absolute Gasteiger partial charge is 0.481 e. The van der Waals surface area contributed by atoms with Gasteiger partial charge >= 0.3 is 40.0 Å². The summed E-state index contributed by atoms with van der Waals surface area (Å²) in [6.07, 6.45) is -13.7. The number of unbranched alkanes of at least 4 members (excludes halogenated alkanes) is 5. The number of nitrogens with two attached hydrogens (primary N) is 1. The fourth-order valence-corrected chi connectivity index (χ4v) is 9.26. The van der Waals surface area contributed by atoms with Gasteiger partial charge in [-0.25, -0.2) is 13.8 Å². The predicted molar refractivity (Wildman–Crippen MR) is 235 cm³/mol. The number of esters is 2. The Morgan fingerprint density at radius 3 is 2.10 bits per heavy atom. The number of carbonyl (C=O) groups is 5. The number of H-pyrrole nitrogens is 1. The highest BCUT2D eigenvalue weighted by molar-refractivity contribution is 7.80. The highest BCUT2D eigenvalue weighted by Gasteiger charge is 2.58. The lowest BCUT2D eigenvalue weighted by molar-refractivity contribution is -0.230. The van der Waals surface area contributed by atoms with Gasteiger partial charge in [-0.15, -0.1) is 0 Å². The van der Waals surface area contributed by atoms with Crippen LogP contribution >= 0.6 is 0 Å². The number of nitrogens with one attached hydrogen (secondary N) is 1. The van der Waals surface area contributed by atoms with Gasteiger partial charge < -0.3 is 59.9 Å². The molecule has 392 valence electrons. The van der Waals surface area contributed by atoms with Gasteiger partial charge in [-0.3, -0.25) is 43.0 Å². The number of amides is 1. The lowest BCUT2D eigenvalue weighted by Crippen LogP contribution is -2.60. The Bertz CT molecular complexity index is 2140. The molecule has 4 rings (SSSR count). The average molecular weight is 1010 g/mol. The van der Waals surface area contributed by atoms with E-state index in [9.17, 15) is 72.1 Å². The van der Waals surface area contributed by atoms with Crippen molar-refractivity contribution in [3.05, 3.63) is 33.1 Å². The molecule has 3 aliphatic rings. The number of aliphatic hydroxyl groups excluding tert-OH is 3. The standard InChI is InChI=1S/C42H67N5O21S/c1-21(2)12-10-8-6-7-9-11-13-23(63-28(51)17-22(3)16-27(49)50)18-29(52)64-25-20-45(4)31(38(56)46(5)30(25)40(57)58)35(67-41-37(68-69(60,61)62)32(53)24(19-43)65-41)36-33(54)34(55)39(66-36)47-15-14-26(48)44-42(47)59/h14-15,21-25,30-37,39,41,53-55H,6-13,16-20,43H2,1-5H3,(H,49,50)(H,57,58)(H,44,48,59)(H,60,61,62)/t22?,23-,24-,25+,30+,31+,32-,33+,34-,35+,36+,37-,39-,41+/m1/s1. The maximum Gasteiger partial charge on any atom is 0.397 e. The van der Waals surface area contributed by atoms with Gasteiger partial charge in [-0.05, 0) is 31.7 Å². The highest BCUT2D eigenvalue weighted by atomic mass is 32.3. The van der Waals surface area contributed by atoms with Crippen molar-refractivity contribution in [1.82, 2.24) is 19.4 Å². The molecule has 3 fully saturated rings. The van der Waals surface area contributed by atoms with Crippen molar-refractivity contribution in [2.45, 2.75) is 171 Å². The summed E-state index contributed by atoms with van der Waals surface area (Å²) < 4.78 is 67.9. The van der Waals surface area contributed by atoms with Crippen LogP contribution < -0.4 is 17.0 Å². The first-order valence-electron chi connectivity index (χ1n) is 22.8. The molecule has 3 aliphatic heterocycles. The highest BCUT2D eigenvalue weighted by Crippen LogP contribution is 2.37. The second-order valence-corrected chi connectivity index (χ2v) is 19.4. The lowest BCUT2D eigenvalue weighted by atomic mass is 9.97. The van der Waals surface area contributed by atoms with E-state index < -0.39 is 156 Å². The molecule has 1 aromatic heterocycles. The number of hydrogen-bond donors (Lipinski definition) is 8. The number of carboxylic acids is 2. The van der Waals surface area contributed by atoms with Crippen molar-refractivity contribution in [3.8, 4) is 0 Å². The van der Waals surface area contributed by atoms with Gasteiger partial charge in [0.25, 0.3) is 5.56 Å². The number of aliphatic carboxylic acids is 2. The minimum atomic E-state index is -5.37. The van der Waals surface area contributed by atoms with Crippen LogP contribution in [-0.4, -0.2) is 188 Å². The van der Waals surface area contributed by atoms with Gasteiger partial charge in [-0.2, -0.15) is 8.42 Å². The Morgan fingerprint density at radius 2 is 1.52 bits per heavy atom. The average Bonchev–Trinajstić information content (AvgIpc) is 3.65. The first-order valence-corrected chi connectivity index (χ1v) is 24.2. The molecule has 69 heavy (non-hydrogen) atoms. The van der Waals surface area contributed by atoms with Gasteiger partial charge in [0.1, 0.15) is 54.9 Å². The third-order valence-corrected chi connectivity index (χ3v) is 12.7. The van der Waals surface area contributed by atoms with Gasteiger partial charge in [0, 0.05) is 45.2 Å². The first-order chi connectivity index (χ1) is 32.3. The Hall–Kier alpha value is -4.42. The first kappa shape index (κ1) is 57.2. The predicted octanol–water partition coefficient (Wildman–Crippen LogP) is -1.51. The zero-order valence-corrected chi connectivity index (χ0v) is 40.0. The van der Waals surface area contributed by atoms with Gasteiger partial charge in [0.05, 0.1) is 6.42 Å². The van der Waals surface area contributed by atoms with Crippen molar-refractivity contribution >= 4 is 40.2 Å². The minimum Gasteiger partial charge on any atom is -0.481 e. The molecular formula is C42H67N5O21S. The van der Waals surface area contributed by atoms with E-state index in [-0.39, 0.29) is 19.3 Å². The van der Waals surface area contributed by atoms with Crippen LogP contribution in [0.1, 0.15) is 97.6 Å². The summed E-state index contributed by atoms with van der Waals surface area (Å²) >= 11 is 0. The summed E-state index contributed by atoms with van der Waals surface area (Å²) in [5.41, 5.74) is 3.79. The molecule has 0 saturated carbocycles. The van der Waals surface area contributed by atoms with Crippen LogP contribution in [0.25, 0.3) is 0 Å². The number of aromatic nitrogens is 2. The number of likely N-dealkylation sites (N-methyl/N-ethyl adjacent to an activating group) is 2. The van der Waals surface area contributed by atoms with Crippen LogP contribution in [0.5, 0.6) is 0 Å². The van der Waals surface area contributed by atoms with Crippen LogP contribution in [-0.2, 0) is 62.2 Å². The van der Waals surface area contributed by atoms with Gasteiger partial charge in [0.15, 0.2) is 24.7 Å². The third-order valence-electron chi connectivity index (χ3n) is 12.2. The number of carboxylic acid groups (broad SMARTS) is 2. The van der Waals surface area contributed by atoms with Gasteiger partial charge in [-0.1, -0.05) is 59.3 Å². The monoisotopic (exact) mass is 1010 g/mol. The number of aliphatic hydroxyl groups is 3. The van der Waals surface area contributed by atoms with E-state index in [0.717, 1.165) is 62.7 Å². The Labute approximate surface area is 397 Å². The van der Waals surface area contributed by atoms with Crippen molar-refractivity contribution in [2.75, 3.05) is 27.2 Å². The molecule has 3 saturated heterocycles. The van der Waals surface area contributed by atoms with Crippen molar-refractivity contribution in [2.24, 2.45) is 17.6 Å². The number of hydrogen-bond acceptors (Lipinski definition) is 20. The van der Waals surface area contributed by atoms with Crippen LogP contribution in [0.2, 0.25) is 0 Å². The Kier molecular flexibility index (Phi) is 21.2. The smallest absolute Gasteiger partial charge is 0.397 e. The van der Waals surface area contributed by atoms with E-state index in [2.05, 4.69) is 18.0 Å². The van der Waals surface area contributed by atoms with Crippen LogP contribution in [0.4, 0.5) is 0 Å². The molecule has 1 amide bonds. The van der Waals surface area contributed by atoms with E-state index in [0.29, 0.717) is 21.8 Å². The normalized spacial score (nSPS) is 29.1. The molecule has 4 heterocycles. The summed E-state index contributed by atoms with van der Waals surface area (Å²) in [7, 11) is -3.06. The van der Waals surface area contributed by atoms with Gasteiger partial charge in [0.2, 0.25) is 5.91 Å². The van der Waals surface area contributed by atoms with Crippen molar-refractivity contribution < 1.29 is 90.3 Å². The molecule has 26 nitrogen and oxygen atoms in total. The second kappa shape index (κ2) is 25.6. The zero-order chi connectivity index (χ0) is 51.5. The third kappa shape index (κ3) is 16.0. The molecule has 27 heteroatoms. The van der Waals surface area contributed by atoms with E-state index in [4.69, 9.17) is 29.4 Å². The number of nitrogens with zero attached hydrogens (tertiary/aromatic N) is 3. The number of aromatic amines is 1. The molecule has 0 radical (unpaired) electrons. The summed E-state index contributed by atoms with van der Waals surface area (Å²) in [5, 5.41) is 53.4. The quantitative estimate of drug-likeness (QED) is 0.0297. The maximum atomic E-state index is 14.6. The van der Waals surface area contributed by atoms with Crippen LogP contribution in [0.3, 0.4) is 0 Å². The van der Waals surface area contributed by atoms with E-state index >= 15 is 0 Å². The molecule has 14 atom stereocenters. The summed E-state index contributed by atoms with van der Waals surface area (Å²) in [6, 6.07) is -2.88. The molecule has 0 spiro atoms. The SMILES string of the molecule is CC(C)CCCCCCCC[C@H](CC(=O)O[C@H]1CN(C)[C@@H]([C@H](O[C@@H]2O[C@H](CN)[C@@H](O)[C@H]2OS(=O)(=O)O)[C@H]2O[C@@H](n3ccc(=O)[nH]c3=O)[C@H](O)[C@@H]2O)C(=O)N(C)[C@@H]1C(=O)O)OC(=O)CC(C)CC(=O)O. The fraction of sp³-hybridized carbons (Fsp3) is 0.786. The Balaban J connectivity index is 1.66. The van der Waals surface area contributed by atoms with Crippen molar-refractivity contribution in [1.29, 1.82) is 0 Å². The molecular weight excluding hydrogens is 943 g/mol. The molecule has 0 aromatic carbocycles. The number of ether oxygens (including phenoxy) is 5. The molecule has 1 unspecified atom stereocenters. The fourth-order valence-electron chi connectivity index (χ4n) is 8.78. The lowest BCUT2D eigenvalue weighted by Gasteiger charge is -2.38.